The number of urea groups is 1. The Balaban J connectivity index is 1.83. The summed E-state index contributed by atoms with van der Waals surface area (Å²) in [6.07, 6.45) is 2.25. The van der Waals surface area contributed by atoms with E-state index in [0.29, 0.717) is 12.8 Å². The molecule has 2 heterocycles. The van der Waals surface area contributed by atoms with Gasteiger partial charge in [0.2, 0.25) is 0 Å². The zero-order valence-electron chi connectivity index (χ0n) is 11.7. The molecule has 0 bridgehead atoms. The van der Waals surface area contributed by atoms with E-state index in [9.17, 15) is 4.79 Å². The molecule has 2 fully saturated rings. The highest BCUT2D eigenvalue weighted by Gasteiger charge is 2.31. The molecule has 2 aliphatic rings. The molecule has 2 aliphatic heterocycles. The van der Waals surface area contributed by atoms with Gasteiger partial charge in [-0.05, 0) is 33.6 Å². The van der Waals surface area contributed by atoms with Crippen molar-refractivity contribution in [2.45, 2.75) is 45.3 Å². The molecule has 5 nitrogen and oxygen atoms in total. The highest BCUT2D eigenvalue weighted by Crippen LogP contribution is 2.18. The number of nitrogens with zero attached hydrogens (tertiary/aromatic N) is 2. The molecule has 1 N–H and O–H groups in total. The number of carbonyl (C=O) groups is 1. The largest absolute Gasteiger partial charge is 0.360 e. The lowest BCUT2D eigenvalue weighted by molar-refractivity contribution is -0.0742. The van der Waals surface area contributed by atoms with Crippen molar-refractivity contribution in [3.8, 4) is 0 Å². The topological polar surface area (TPSA) is 44.8 Å². The average Bonchev–Trinajstić information content (AvgIpc) is 2.72. The van der Waals surface area contributed by atoms with Gasteiger partial charge in [-0.25, -0.2) is 4.79 Å². The normalized spacial score (nSPS) is 26.5. The second-order valence-electron chi connectivity index (χ2n) is 6.18. The van der Waals surface area contributed by atoms with Crippen LogP contribution in [0.3, 0.4) is 0 Å². The zero-order chi connectivity index (χ0) is 13.2. The van der Waals surface area contributed by atoms with E-state index in [-0.39, 0.29) is 11.6 Å². The van der Waals surface area contributed by atoms with Crippen LogP contribution in [0.2, 0.25) is 0 Å². The molecule has 5 heteroatoms. The molecule has 0 aromatic rings. The summed E-state index contributed by atoms with van der Waals surface area (Å²) < 4.78 is 5.81. The van der Waals surface area contributed by atoms with Gasteiger partial charge in [-0.15, -0.1) is 0 Å². The number of piperidine rings is 1. The number of ether oxygens (including phenoxy) is 1. The van der Waals surface area contributed by atoms with Crippen molar-refractivity contribution in [1.29, 1.82) is 0 Å². The summed E-state index contributed by atoms with van der Waals surface area (Å²) in [6, 6.07) is 0.448. The Kier molecular flexibility index (Phi) is 4.12. The quantitative estimate of drug-likeness (QED) is 0.825. The van der Waals surface area contributed by atoms with Crippen molar-refractivity contribution < 1.29 is 9.53 Å². The molecule has 0 spiro atoms. The first-order valence-corrected chi connectivity index (χ1v) is 6.86. The van der Waals surface area contributed by atoms with Gasteiger partial charge in [-0.1, -0.05) is 0 Å². The molecule has 1 atom stereocenters. The third-order valence-electron chi connectivity index (χ3n) is 3.49. The van der Waals surface area contributed by atoms with E-state index in [2.05, 4.69) is 31.0 Å². The maximum Gasteiger partial charge on any atom is 0.317 e. The maximum absolute atomic E-state index is 11.7. The first-order chi connectivity index (χ1) is 8.46. The van der Waals surface area contributed by atoms with Crippen LogP contribution in [0.25, 0.3) is 0 Å². The minimum atomic E-state index is -0.0992. The van der Waals surface area contributed by atoms with Crippen LogP contribution in [0.5, 0.6) is 0 Å². The second kappa shape index (κ2) is 5.45. The molecular formula is C13H25N3O2. The number of hydrogen-bond acceptors (Lipinski definition) is 3. The molecule has 0 radical (unpaired) electrons. The summed E-state index contributed by atoms with van der Waals surface area (Å²) in [7, 11) is 0. The molecule has 18 heavy (non-hydrogen) atoms. The highest BCUT2D eigenvalue weighted by molar-refractivity contribution is 5.76. The molecule has 0 aromatic carbocycles. The van der Waals surface area contributed by atoms with Crippen molar-refractivity contribution in [3.63, 3.8) is 0 Å². The standard InChI is InChI=1S/C13H25N3O2/c1-13(2,3)18-10-15-7-4-5-11(9-15)16-8-6-14-12(16)17/h11H,4-10H2,1-3H3,(H,14,17)/t11-/m1/s1. The van der Waals surface area contributed by atoms with Gasteiger partial charge in [-0.2, -0.15) is 0 Å². The summed E-state index contributed by atoms with van der Waals surface area (Å²) >= 11 is 0. The number of hydrogen-bond donors (Lipinski definition) is 1. The van der Waals surface area contributed by atoms with Crippen molar-refractivity contribution in [2.24, 2.45) is 0 Å². The number of rotatable bonds is 3. The number of carbonyl (C=O) groups excluding carboxylic acids is 1. The van der Waals surface area contributed by atoms with Gasteiger partial charge in [0.1, 0.15) is 0 Å². The molecule has 2 rings (SSSR count). The fourth-order valence-electron chi connectivity index (χ4n) is 2.52. The molecule has 2 saturated heterocycles. The van der Waals surface area contributed by atoms with Crippen LogP contribution in [-0.4, -0.2) is 60.4 Å². The van der Waals surface area contributed by atoms with Crippen molar-refractivity contribution in [2.75, 3.05) is 32.9 Å². The monoisotopic (exact) mass is 255 g/mol. The van der Waals surface area contributed by atoms with E-state index in [1.165, 1.54) is 0 Å². The highest BCUT2D eigenvalue weighted by atomic mass is 16.5. The number of likely N-dealkylation sites (tertiary alicyclic amines) is 1. The van der Waals surface area contributed by atoms with Crippen molar-refractivity contribution >= 4 is 6.03 Å². The van der Waals surface area contributed by atoms with Gasteiger partial charge in [0.15, 0.2) is 0 Å². The van der Waals surface area contributed by atoms with Crippen LogP contribution >= 0.6 is 0 Å². The van der Waals surface area contributed by atoms with E-state index in [4.69, 9.17) is 4.74 Å². The minimum Gasteiger partial charge on any atom is -0.360 e. The first kappa shape index (κ1) is 13.6. The van der Waals surface area contributed by atoms with Crippen LogP contribution in [-0.2, 0) is 4.74 Å². The van der Waals surface area contributed by atoms with Crippen LogP contribution in [0.15, 0.2) is 0 Å². The molecule has 0 unspecified atom stereocenters. The Morgan fingerprint density at radius 2 is 2.17 bits per heavy atom. The van der Waals surface area contributed by atoms with Gasteiger partial charge in [-0.3, -0.25) is 4.90 Å². The van der Waals surface area contributed by atoms with Crippen LogP contribution in [0.1, 0.15) is 33.6 Å². The summed E-state index contributed by atoms with van der Waals surface area (Å²) in [5.41, 5.74) is -0.0992. The van der Waals surface area contributed by atoms with Gasteiger partial charge in [0.05, 0.1) is 12.3 Å². The Morgan fingerprint density at radius 1 is 1.39 bits per heavy atom. The third-order valence-corrected chi connectivity index (χ3v) is 3.49. The molecule has 0 saturated carbocycles. The Hall–Kier alpha value is -0.810. The second-order valence-corrected chi connectivity index (χ2v) is 6.18. The van der Waals surface area contributed by atoms with Crippen LogP contribution in [0, 0.1) is 0 Å². The molecular weight excluding hydrogens is 230 g/mol. The van der Waals surface area contributed by atoms with Gasteiger partial charge in [0, 0.05) is 32.2 Å². The van der Waals surface area contributed by atoms with E-state index in [1.807, 2.05) is 4.90 Å². The summed E-state index contributed by atoms with van der Waals surface area (Å²) in [5.74, 6) is 0. The van der Waals surface area contributed by atoms with Gasteiger partial charge < -0.3 is 15.0 Å². The SMILES string of the molecule is CC(C)(C)OCN1CCC[C@@H](N2CCNC2=O)C1. The summed E-state index contributed by atoms with van der Waals surface area (Å²) in [6.45, 7) is 10.5. The van der Waals surface area contributed by atoms with Gasteiger partial charge >= 0.3 is 6.03 Å². The van der Waals surface area contributed by atoms with E-state index < -0.39 is 0 Å². The lowest BCUT2D eigenvalue weighted by Crippen LogP contribution is -2.50. The van der Waals surface area contributed by atoms with E-state index in [1.54, 1.807) is 0 Å². The number of amides is 2. The molecule has 104 valence electrons. The maximum atomic E-state index is 11.7. The Labute approximate surface area is 109 Å². The smallest absolute Gasteiger partial charge is 0.317 e. The molecule has 0 aliphatic carbocycles. The van der Waals surface area contributed by atoms with Gasteiger partial charge in [0.25, 0.3) is 0 Å². The predicted molar refractivity (Wildman–Crippen MR) is 70.4 cm³/mol. The number of nitrogens with one attached hydrogen (secondary N) is 1. The third kappa shape index (κ3) is 3.59. The predicted octanol–water partition coefficient (Wildman–Crippen LogP) is 1.25. The first-order valence-electron chi connectivity index (χ1n) is 6.86. The Morgan fingerprint density at radius 3 is 2.78 bits per heavy atom. The van der Waals surface area contributed by atoms with E-state index in [0.717, 1.165) is 39.0 Å². The van der Waals surface area contributed by atoms with Crippen LogP contribution in [0.4, 0.5) is 4.79 Å². The van der Waals surface area contributed by atoms with Crippen molar-refractivity contribution in [1.82, 2.24) is 15.1 Å². The zero-order valence-corrected chi connectivity index (χ0v) is 11.7. The van der Waals surface area contributed by atoms with Crippen LogP contribution < -0.4 is 5.32 Å². The fourth-order valence-corrected chi connectivity index (χ4v) is 2.52. The minimum absolute atomic E-state index is 0.0959. The molecule has 2 amide bonds. The van der Waals surface area contributed by atoms with Crippen molar-refractivity contribution in [3.05, 3.63) is 0 Å². The average molecular weight is 255 g/mol. The van der Waals surface area contributed by atoms with E-state index >= 15 is 0 Å². The Bertz CT molecular complexity index is 301. The lowest BCUT2D eigenvalue weighted by atomic mass is 10.1. The molecule has 0 aromatic heterocycles. The fraction of sp³-hybridized carbons (Fsp3) is 0.923. The summed E-state index contributed by atoms with van der Waals surface area (Å²) in [5, 5.41) is 2.88. The lowest BCUT2D eigenvalue weighted by Gasteiger charge is -2.37. The summed E-state index contributed by atoms with van der Waals surface area (Å²) in [4.78, 5) is 15.9.